The summed E-state index contributed by atoms with van der Waals surface area (Å²) in [5, 5.41) is 0. The zero-order valence-electron chi connectivity index (χ0n) is 7.72. The number of halogens is 1. The van der Waals surface area contributed by atoms with Crippen LogP contribution in [-0.4, -0.2) is 11.7 Å². The summed E-state index contributed by atoms with van der Waals surface area (Å²) in [6, 6.07) is 7.72. The summed E-state index contributed by atoms with van der Waals surface area (Å²) in [5.74, 6) is 0.528. The lowest BCUT2D eigenvalue weighted by Gasteiger charge is -2.00. The normalized spacial score (nSPS) is 10.0. The van der Waals surface area contributed by atoms with E-state index in [9.17, 15) is 4.79 Å². The molecule has 0 atom stereocenters. The largest absolute Gasteiger partial charge is 0.294 e. The van der Waals surface area contributed by atoms with Gasteiger partial charge >= 0.3 is 0 Å². The molecule has 1 aromatic rings. The van der Waals surface area contributed by atoms with E-state index < -0.39 is 0 Å². The number of aryl methyl sites for hydroxylation is 1. The molecule has 0 unspecified atom stereocenters. The van der Waals surface area contributed by atoms with E-state index in [1.54, 1.807) is 0 Å². The summed E-state index contributed by atoms with van der Waals surface area (Å²) >= 11 is 5.50. The zero-order chi connectivity index (χ0) is 9.68. The topological polar surface area (TPSA) is 17.1 Å². The van der Waals surface area contributed by atoms with Crippen molar-refractivity contribution in [1.82, 2.24) is 0 Å². The zero-order valence-corrected chi connectivity index (χ0v) is 8.47. The summed E-state index contributed by atoms with van der Waals surface area (Å²) < 4.78 is 0. The minimum atomic E-state index is 0.130. The fourth-order valence-electron chi connectivity index (χ4n) is 1.19. The van der Waals surface area contributed by atoms with Crippen LogP contribution in [0.1, 0.15) is 29.3 Å². The number of hydrogen-bond donors (Lipinski definition) is 0. The van der Waals surface area contributed by atoms with Gasteiger partial charge in [0.25, 0.3) is 0 Å². The third kappa shape index (κ3) is 2.85. The highest BCUT2D eigenvalue weighted by molar-refractivity contribution is 6.19. The molecular formula is C11H13ClO. The maximum Gasteiger partial charge on any atom is 0.164 e. The smallest absolute Gasteiger partial charge is 0.164 e. The van der Waals surface area contributed by atoms with E-state index >= 15 is 0 Å². The van der Waals surface area contributed by atoms with Gasteiger partial charge in [0.15, 0.2) is 5.78 Å². The molecule has 0 heterocycles. The van der Waals surface area contributed by atoms with E-state index in [1.165, 1.54) is 5.56 Å². The SMILES string of the molecule is CCc1cccc(C(=O)CCCl)c1. The first kappa shape index (κ1) is 10.3. The van der Waals surface area contributed by atoms with Crippen LogP contribution in [0.4, 0.5) is 0 Å². The lowest BCUT2D eigenvalue weighted by atomic mass is 10.0. The Kier molecular flexibility index (Phi) is 3.97. The average molecular weight is 197 g/mol. The Morgan fingerprint density at radius 3 is 2.85 bits per heavy atom. The molecule has 0 spiro atoms. The number of Topliss-reactive ketones (excluding diaryl/α,β-unsaturated/α-hetero) is 1. The van der Waals surface area contributed by atoms with E-state index in [1.807, 2.05) is 24.3 Å². The molecule has 1 nitrogen and oxygen atoms in total. The van der Waals surface area contributed by atoms with Crippen LogP contribution < -0.4 is 0 Å². The Labute approximate surface area is 83.7 Å². The number of alkyl halides is 1. The molecule has 1 aromatic carbocycles. The summed E-state index contributed by atoms with van der Waals surface area (Å²) in [7, 11) is 0. The van der Waals surface area contributed by atoms with Gasteiger partial charge in [0.2, 0.25) is 0 Å². The molecule has 0 aliphatic rings. The van der Waals surface area contributed by atoms with E-state index in [4.69, 9.17) is 11.6 Å². The summed E-state index contributed by atoms with van der Waals surface area (Å²) in [6.45, 7) is 2.07. The molecule has 0 radical (unpaired) electrons. The predicted molar refractivity (Wildman–Crippen MR) is 55.5 cm³/mol. The highest BCUT2D eigenvalue weighted by Crippen LogP contribution is 2.08. The average Bonchev–Trinajstić information content (AvgIpc) is 2.18. The number of benzene rings is 1. The molecule has 0 saturated heterocycles. The highest BCUT2D eigenvalue weighted by atomic mass is 35.5. The van der Waals surface area contributed by atoms with Gasteiger partial charge in [0.05, 0.1) is 0 Å². The minimum absolute atomic E-state index is 0.130. The molecule has 0 aromatic heterocycles. The lowest BCUT2D eigenvalue weighted by Crippen LogP contribution is -2.00. The van der Waals surface area contributed by atoms with Gasteiger partial charge in [0.1, 0.15) is 0 Å². The summed E-state index contributed by atoms with van der Waals surface area (Å²) in [4.78, 5) is 11.4. The third-order valence-electron chi connectivity index (χ3n) is 1.98. The summed E-state index contributed by atoms with van der Waals surface area (Å²) in [6.07, 6.45) is 1.39. The van der Waals surface area contributed by atoms with Gasteiger partial charge in [-0.1, -0.05) is 25.1 Å². The minimum Gasteiger partial charge on any atom is -0.294 e. The van der Waals surface area contributed by atoms with Crippen LogP contribution in [0.25, 0.3) is 0 Å². The van der Waals surface area contributed by atoms with Gasteiger partial charge in [-0.3, -0.25) is 4.79 Å². The predicted octanol–water partition coefficient (Wildman–Crippen LogP) is 3.06. The standard InChI is InChI=1S/C11H13ClO/c1-2-9-4-3-5-10(8-9)11(13)6-7-12/h3-5,8H,2,6-7H2,1H3. The van der Waals surface area contributed by atoms with Crippen LogP contribution in [0.3, 0.4) is 0 Å². The van der Waals surface area contributed by atoms with Crippen LogP contribution in [0.5, 0.6) is 0 Å². The lowest BCUT2D eigenvalue weighted by molar-refractivity contribution is 0.0989. The Bertz CT molecular complexity index is 294. The maximum atomic E-state index is 11.4. The van der Waals surface area contributed by atoms with Crippen molar-refractivity contribution in [2.24, 2.45) is 0 Å². The molecule has 0 N–H and O–H groups in total. The van der Waals surface area contributed by atoms with E-state index in [0.717, 1.165) is 12.0 Å². The quantitative estimate of drug-likeness (QED) is 0.535. The first-order valence-electron chi connectivity index (χ1n) is 4.46. The first-order valence-corrected chi connectivity index (χ1v) is 4.99. The number of carbonyl (C=O) groups excluding carboxylic acids is 1. The van der Waals surface area contributed by atoms with Gasteiger partial charge in [-0.2, -0.15) is 0 Å². The molecule has 0 fully saturated rings. The Morgan fingerprint density at radius 1 is 1.46 bits per heavy atom. The third-order valence-corrected chi connectivity index (χ3v) is 2.17. The molecule has 0 aliphatic carbocycles. The van der Waals surface area contributed by atoms with Crippen molar-refractivity contribution in [3.05, 3.63) is 35.4 Å². The van der Waals surface area contributed by atoms with E-state index in [0.29, 0.717) is 12.3 Å². The van der Waals surface area contributed by atoms with E-state index in [2.05, 4.69) is 6.92 Å². The van der Waals surface area contributed by atoms with Crippen LogP contribution in [0.2, 0.25) is 0 Å². The van der Waals surface area contributed by atoms with Crippen LogP contribution in [0.15, 0.2) is 24.3 Å². The molecular weight excluding hydrogens is 184 g/mol. The number of hydrogen-bond acceptors (Lipinski definition) is 1. The molecule has 0 saturated carbocycles. The molecule has 1 rings (SSSR count). The maximum absolute atomic E-state index is 11.4. The Hall–Kier alpha value is -0.820. The molecule has 0 amide bonds. The molecule has 2 heteroatoms. The first-order chi connectivity index (χ1) is 6.27. The monoisotopic (exact) mass is 196 g/mol. The van der Waals surface area contributed by atoms with Gasteiger partial charge in [-0.05, 0) is 18.1 Å². The van der Waals surface area contributed by atoms with Crippen LogP contribution in [0, 0.1) is 0 Å². The molecule has 0 aliphatic heterocycles. The van der Waals surface area contributed by atoms with Gasteiger partial charge in [-0.25, -0.2) is 0 Å². The van der Waals surface area contributed by atoms with Crippen molar-refractivity contribution in [1.29, 1.82) is 0 Å². The second-order valence-electron chi connectivity index (χ2n) is 2.92. The number of carbonyl (C=O) groups is 1. The molecule has 13 heavy (non-hydrogen) atoms. The van der Waals surface area contributed by atoms with Crippen LogP contribution >= 0.6 is 11.6 Å². The van der Waals surface area contributed by atoms with Crippen LogP contribution in [-0.2, 0) is 6.42 Å². The molecule has 70 valence electrons. The van der Waals surface area contributed by atoms with Crippen molar-refractivity contribution >= 4 is 17.4 Å². The van der Waals surface area contributed by atoms with Crippen molar-refractivity contribution in [2.45, 2.75) is 19.8 Å². The fourth-order valence-corrected chi connectivity index (χ4v) is 1.37. The second-order valence-corrected chi connectivity index (χ2v) is 3.29. The second kappa shape index (κ2) is 5.03. The van der Waals surface area contributed by atoms with E-state index in [-0.39, 0.29) is 5.78 Å². The van der Waals surface area contributed by atoms with Gasteiger partial charge in [-0.15, -0.1) is 11.6 Å². The van der Waals surface area contributed by atoms with Crippen molar-refractivity contribution in [3.63, 3.8) is 0 Å². The number of ketones is 1. The fraction of sp³-hybridized carbons (Fsp3) is 0.364. The number of rotatable bonds is 4. The van der Waals surface area contributed by atoms with Gasteiger partial charge in [0, 0.05) is 17.9 Å². The highest BCUT2D eigenvalue weighted by Gasteiger charge is 2.04. The van der Waals surface area contributed by atoms with Crippen molar-refractivity contribution in [3.8, 4) is 0 Å². The van der Waals surface area contributed by atoms with Gasteiger partial charge < -0.3 is 0 Å². The Morgan fingerprint density at radius 2 is 2.23 bits per heavy atom. The Balaban J connectivity index is 2.82. The summed E-state index contributed by atoms with van der Waals surface area (Å²) in [5.41, 5.74) is 1.97. The van der Waals surface area contributed by atoms with Crippen molar-refractivity contribution in [2.75, 3.05) is 5.88 Å². The molecule has 0 bridgehead atoms. The van der Waals surface area contributed by atoms with Crippen molar-refractivity contribution < 1.29 is 4.79 Å².